The van der Waals surface area contributed by atoms with Crippen LogP contribution in [0, 0.1) is 11.6 Å². The summed E-state index contributed by atoms with van der Waals surface area (Å²) in [5.74, 6) is -0.706. The van der Waals surface area contributed by atoms with Crippen molar-refractivity contribution in [2.24, 2.45) is 0 Å². The lowest BCUT2D eigenvalue weighted by Gasteiger charge is -2.14. The second-order valence-electron chi connectivity index (χ2n) is 6.03. The average Bonchev–Trinajstić information content (AvgIpc) is 2.68. The second kappa shape index (κ2) is 9.19. The minimum Gasteiger partial charge on any atom is -0.493 e. The van der Waals surface area contributed by atoms with Crippen LogP contribution < -0.4 is 10.1 Å². The van der Waals surface area contributed by atoms with Crippen LogP contribution in [0.5, 0.6) is 5.75 Å². The summed E-state index contributed by atoms with van der Waals surface area (Å²) < 4.78 is 34.5. The van der Waals surface area contributed by atoms with E-state index in [1.807, 2.05) is 7.05 Å². The first-order chi connectivity index (χ1) is 13.2. The fraction of sp³-hybridized carbons (Fsp3) is 0.238. The molecule has 0 saturated heterocycles. The van der Waals surface area contributed by atoms with Crippen molar-refractivity contribution in [2.45, 2.75) is 12.8 Å². The van der Waals surface area contributed by atoms with E-state index in [4.69, 9.17) is 4.74 Å². The standard InChI is InChI=1S/C21H21F2N3O/c1-24-10-2-3-13-27-19-9-12-25-14-16(19)15-6-5-11-26-21(15)20-17(22)7-4-8-18(20)23/h4-9,11-12,14,24H,2-3,10,13H2,1H3. The Labute approximate surface area is 157 Å². The molecule has 2 aromatic heterocycles. The molecular weight excluding hydrogens is 348 g/mol. The van der Waals surface area contributed by atoms with Gasteiger partial charge in [-0.2, -0.15) is 0 Å². The van der Waals surface area contributed by atoms with Gasteiger partial charge in [0.1, 0.15) is 17.4 Å². The van der Waals surface area contributed by atoms with Crippen molar-refractivity contribution in [3.8, 4) is 28.1 Å². The van der Waals surface area contributed by atoms with Crippen molar-refractivity contribution in [3.63, 3.8) is 0 Å². The topological polar surface area (TPSA) is 47.0 Å². The summed E-state index contributed by atoms with van der Waals surface area (Å²) >= 11 is 0. The third-order valence-corrected chi connectivity index (χ3v) is 4.16. The molecule has 0 aliphatic carbocycles. The molecule has 0 aliphatic heterocycles. The molecule has 0 atom stereocenters. The van der Waals surface area contributed by atoms with Gasteiger partial charge in [0.05, 0.1) is 17.9 Å². The minimum absolute atomic E-state index is 0.156. The Bertz CT molecular complexity index is 882. The molecule has 4 nitrogen and oxygen atoms in total. The molecule has 3 aromatic rings. The van der Waals surface area contributed by atoms with E-state index in [-0.39, 0.29) is 11.3 Å². The predicted octanol–water partition coefficient (Wildman–Crippen LogP) is 4.47. The fourth-order valence-corrected chi connectivity index (χ4v) is 2.84. The van der Waals surface area contributed by atoms with Gasteiger partial charge in [0.15, 0.2) is 0 Å². The number of benzene rings is 1. The Kier molecular flexibility index (Phi) is 6.44. The number of hydrogen-bond acceptors (Lipinski definition) is 4. The van der Waals surface area contributed by atoms with Crippen molar-refractivity contribution < 1.29 is 13.5 Å². The predicted molar refractivity (Wildman–Crippen MR) is 101 cm³/mol. The van der Waals surface area contributed by atoms with Gasteiger partial charge in [0, 0.05) is 29.7 Å². The van der Waals surface area contributed by atoms with E-state index in [1.54, 1.807) is 30.6 Å². The molecule has 0 aliphatic rings. The van der Waals surface area contributed by atoms with Crippen LogP contribution in [0.1, 0.15) is 12.8 Å². The summed E-state index contributed by atoms with van der Waals surface area (Å²) in [5.41, 5.74) is 1.29. The zero-order valence-corrected chi connectivity index (χ0v) is 15.1. The first-order valence-corrected chi connectivity index (χ1v) is 8.83. The summed E-state index contributed by atoms with van der Waals surface area (Å²) in [7, 11) is 1.91. The molecule has 0 amide bonds. The number of halogens is 2. The highest BCUT2D eigenvalue weighted by Gasteiger charge is 2.19. The molecule has 0 saturated carbocycles. The molecule has 1 aromatic carbocycles. The Hall–Kier alpha value is -2.86. The number of nitrogens with one attached hydrogen (secondary N) is 1. The highest BCUT2D eigenvalue weighted by Crippen LogP contribution is 2.37. The number of unbranched alkanes of at least 4 members (excludes halogenated alkanes) is 1. The van der Waals surface area contributed by atoms with Crippen LogP contribution in [0.3, 0.4) is 0 Å². The summed E-state index contributed by atoms with van der Waals surface area (Å²) in [4.78, 5) is 8.39. The molecule has 2 heterocycles. The zero-order chi connectivity index (χ0) is 19.1. The van der Waals surface area contributed by atoms with Crippen LogP contribution in [0.2, 0.25) is 0 Å². The van der Waals surface area contributed by atoms with Crippen molar-refractivity contribution in [1.82, 2.24) is 15.3 Å². The van der Waals surface area contributed by atoms with E-state index < -0.39 is 11.6 Å². The molecule has 1 N–H and O–H groups in total. The van der Waals surface area contributed by atoms with Gasteiger partial charge >= 0.3 is 0 Å². The van der Waals surface area contributed by atoms with Gasteiger partial charge in [-0.15, -0.1) is 0 Å². The smallest absolute Gasteiger partial charge is 0.135 e. The van der Waals surface area contributed by atoms with Gasteiger partial charge in [0.2, 0.25) is 0 Å². The average molecular weight is 369 g/mol. The van der Waals surface area contributed by atoms with Crippen LogP contribution in [-0.4, -0.2) is 30.2 Å². The highest BCUT2D eigenvalue weighted by molar-refractivity contribution is 5.83. The van der Waals surface area contributed by atoms with Crippen LogP contribution in [0.15, 0.2) is 55.0 Å². The number of hydrogen-bond donors (Lipinski definition) is 1. The van der Waals surface area contributed by atoms with E-state index in [0.717, 1.165) is 19.4 Å². The molecule has 3 rings (SSSR count). The maximum atomic E-state index is 14.3. The molecule has 140 valence electrons. The largest absolute Gasteiger partial charge is 0.493 e. The van der Waals surface area contributed by atoms with E-state index in [0.29, 0.717) is 23.5 Å². The fourth-order valence-electron chi connectivity index (χ4n) is 2.84. The first kappa shape index (κ1) is 18.9. The lowest BCUT2D eigenvalue weighted by atomic mass is 9.99. The van der Waals surface area contributed by atoms with Crippen LogP contribution in [0.25, 0.3) is 22.4 Å². The molecule has 0 fully saturated rings. The van der Waals surface area contributed by atoms with E-state index in [1.165, 1.54) is 24.4 Å². The number of aromatic nitrogens is 2. The van der Waals surface area contributed by atoms with Crippen molar-refractivity contribution in [3.05, 3.63) is 66.6 Å². The monoisotopic (exact) mass is 369 g/mol. The first-order valence-electron chi connectivity index (χ1n) is 8.83. The van der Waals surface area contributed by atoms with Gasteiger partial charge in [-0.25, -0.2) is 8.78 Å². The quantitative estimate of drug-likeness (QED) is 0.595. The summed E-state index contributed by atoms with van der Waals surface area (Å²) in [6, 6.07) is 9.02. The zero-order valence-electron chi connectivity index (χ0n) is 15.1. The van der Waals surface area contributed by atoms with Gasteiger partial charge in [-0.3, -0.25) is 9.97 Å². The maximum absolute atomic E-state index is 14.3. The molecule has 27 heavy (non-hydrogen) atoms. The van der Waals surface area contributed by atoms with Crippen molar-refractivity contribution in [1.29, 1.82) is 0 Å². The molecule has 0 radical (unpaired) electrons. The molecular formula is C21H21F2N3O. The van der Waals surface area contributed by atoms with Gasteiger partial charge in [-0.1, -0.05) is 12.1 Å². The summed E-state index contributed by atoms with van der Waals surface area (Å²) in [6.07, 6.45) is 6.66. The number of pyridine rings is 2. The van der Waals surface area contributed by atoms with Crippen LogP contribution in [0.4, 0.5) is 8.78 Å². The SMILES string of the molecule is CNCCCCOc1ccncc1-c1cccnc1-c1c(F)cccc1F. The summed E-state index contributed by atoms with van der Waals surface area (Å²) in [6.45, 7) is 1.47. The van der Waals surface area contributed by atoms with Gasteiger partial charge in [0.25, 0.3) is 0 Å². The molecule has 0 spiro atoms. The Morgan fingerprint density at radius 3 is 2.56 bits per heavy atom. The number of nitrogens with zero attached hydrogens (tertiary/aromatic N) is 2. The van der Waals surface area contributed by atoms with E-state index in [9.17, 15) is 8.78 Å². The van der Waals surface area contributed by atoms with Crippen LogP contribution in [-0.2, 0) is 0 Å². The van der Waals surface area contributed by atoms with Gasteiger partial charge < -0.3 is 10.1 Å². The Morgan fingerprint density at radius 1 is 0.963 bits per heavy atom. The Morgan fingerprint density at radius 2 is 1.78 bits per heavy atom. The molecule has 0 bridgehead atoms. The van der Waals surface area contributed by atoms with Crippen molar-refractivity contribution >= 4 is 0 Å². The minimum atomic E-state index is -0.659. The van der Waals surface area contributed by atoms with E-state index >= 15 is 0 Å². The number of ether oxygens (including phenoxy) is 1. The third kappa shape index (κ3) is 4.46. The lowest BCUT2D eigenvalue weighted by Crippen LogP contribution is -2.09. The summed E-state index contributed by atoms with van der Waals surface area (Å²) in [5, 5.41) is 3.09. The van der Waals surface area contributed by atoms with Crippen molar-refractivity contribution in [2.75, 3.05) is 20.2 Å². The van der Waals surface area contributed by atoms with Crippen LogP contribution >= 0.6 is 0 Å². The van der Waals surface area contributed by atoms with E-state index in [2.05, 4.69) is 15.3 Å². The van der Waals surface area contributed by atoms with Gasteiger partial charge in [-0.05, 0) is 50.7 Å². The third-order valence-electron chi connectivity index (χ3n) is 4.16. The second-order valence-corrected chi connectivity index (χ2v) is 6.03. The lowest BCUT2D eigenvalue weighted by molar-refractivity contribution is 0.307. The Balaban J connectivity index is 1.97. The molecule has 0 unspecified atom stereocenters. The maximum Gasteiger partial charge on any atom is 0.135 e. The molecule has 6 heteroatoms. The highest BCUT2D eigenvalue weighted by atomic mass is 19.1. The normalized spacial score (nSPS) is 10.8. The number of rotatable bonds is 8.